The van der Waals surface area contributed by atoms with Crippen LogP contribution in [-0.4, -0.2) is 35.7 Å². The van der Waals surface area contributed by atoms with Crippen molar-refractivity contribution in [3.8, 4) is 16.9 Å². The number of ether oxygens (including phenoxy) is 2. The first kappa shape index (κ1) is 18.0. The van der Waals surface area contributed by atoms with Crippen LogP contribution in [0.25, 0.3) is 11.1 Å². The molecule has 2 aromatic rings. The summed E-state index contributed by atoms with van der Waals surface area (Å²) in [6.07, 6.45) is 1.27. The van der Waals surface area contributed by atoms with Crippen molar-refractivity contribution in [2.45, 2.75) is 19.6 Å². The lowest BCUT2D eigenvalue weighted by molar-refractivity contribution is -0.0521. The summed E-state index contributed by atoms with van der Waals surface area (Å²) in [6.45, 7) is -2.48. The van der Waals surface area contributed by atoms with Gasteiger partial charge >= 0.3 is 12.7 Å². The van der Waals surface area contributed by atoms with Crippen LogP contribution in [0.3, 0.4) is 0 Å². The molecule has 0 radical (unpaired) electrons. The number of amides is 1. The molecule has 0 unspecified atom stereocenters. The Hall–Kier alpha value is -2.84. The molecule has 9 heteroatoms. The van der Waals surface area contributed by atoms with Crippen molar-refractivity contribution >= 4 is 6.09 Å². The lowest BCUT2D eigenvalue weighted by atomic mass is 10.0. The third kappa shape index (κ3) is 4.04. The highest BCUT2D eigenvalue weighted by molar-refractivity contribution is 5.69. The Morgan fingerprint density at radius 2 is 2.04 bits per heavy atom. The van der Waals surface area contributed by atoms with Crippen LogP contribution in [0.1, 0.15) is 12.0 Å². The van der Waals surface area contributed by atoms with E-state index in [4.69, 9.17) is 4.74 Å². The number of cyclic esters (lactones) is 1. The normalized spacial score (nSPS) is 14.5. The van der Waals surface area contributed by atoms with Gasteiger partial charge < -0.3 is 14.4 Å². The molecule has 0 bridgehead atoms. The van der Waals surface area contributed by atoms with E-state index >= 15 is 0 Å². The third-order valence-corrected chi connectivity index (χ3v) is 3.81. The van der Waals surface area contributed by atoms with E-state index in [0.29, 0.717) is 30.7 Å². The van der Waals surface area contributed by atoms with E-state index in [1.54, 1.807) is 0 Å². The first-order chi connectivity index (χ1) is 12.4. The summed E-state index contributed by atoms with van der Waals surface area (Å²) in [7, 11) is 0. The highest BCUT2D eigenvalue weighted by atomic mass is 19.3. The van der Waals surface area contributed by atoms with Crippen molar-refractivity contribution in [1.82, 2.24) is 9.88 Å². The molecule has 1 amide bonds. The van der Waals surface area contributed by atoms with Gasteiger partial charge in [-0.1, -0.05) is 6.07 Å². The number of nitrogens with zero attached hydrogens (tertiary/aromatic N) is 2. The van der Waals surface area contributed by atoms with Crippen LogP contribution in [0.4, 0.5) is 22.4 Å². The molecule has 1 fully saturated rings. The molecule has 1 aliphatic heterocycles. The second-order valence-corrected chi connectivity index (χ2v) is 5.59. The highest BCUT2D eigenvalue weighted by Crippen LogP contribution is 2.28. The van der Waals surface area contributed by atoms with E-state index in [1.165, 1.54) is 23.2 Å². The van der Waals surface area contributed by atoms with E-state index in [1.807, 2.05) is 0 Å². The number of hydrogen-bond donors (Lipinski definition) is 0. The lowest BCUT2D eigenvalue weighted by Gasteiger charge is -2.26. The van der Waals surface area contributed by atoms with E-state index < -0.39 is 30.2 Å². The van der Waals surface area contributed by atoms with Gasteiger partial charge in [0.25, 0.3) is 0 Å². The van der Waals surface area contributed by atoms with Gasteiger partial charge in [0, 0.05) is 23.9 Å². The van der Waals surface area contributed by atoms with Crippen LogP contribution in [-0.2, 0) is 11.3 Å². The predicted octanol–water partition coefficient (Wildman–Crippen LogP) is 3.97. The minimum Gasteiger partial charge on any atom is -0.449 e. The summed E-state index contributed by atoms with van der Waals surface area (Å²) in [6, 6.07) is 4.80. The van der Waals surface area contributed by atoms with Gasteiger partial charge in [-0.15, -0.1) is 0 Å². The topological polar surface area (TPSA) is 51.7 Å². The molecule has 1 aliphatic rings. The molecule has 0 aliphatic carbocycles. The Balaban J connectivity index is 1.88. The van der Waals surface area contributed by atoms with Crippen LogP contribution in [0.5, 0.6) is 5.75 Å². The number of carbonyl (C=O) groups is 1. The summed E-state index contributed by atoms with van der Waals surface area (Å²) in [5, 5.41) is 0. The number of carbonyl (C=O) groups excluding carboxylic acids is 1. The molecule has 1 saturated heterocycles. The van der Waals surface area contributed by atoms with Gasteiger partial charge in [-0.05, 0) is 30.2 Å². The standard InChI is InChI=1S/C17H14F4N2O3/c18-13-3-2-10(7-14(13)26-16(20)21)11-6-12(15(19)22-8-11)9-23-4-1-5-25-17(23)24/h2-3,6-8,16H,1,4-5,9H2. The second kappa shape index (κ2) is 7.59. The Labute approximate surface area is 146 Å². The van der Waals surface area contributed by atoms with Crippen molar-refractivity contribution in [3.05, 3.63) is 47.8 Å². The van der Waals surface area contributed by atoms with Crippen molar-refractivity contribution in [1.29, 1.82) is 0 Å². The Morgan fingerprint density at radius 3 is 2.77 bits per heavy atom. The fourth-order valence-electron chi connectivity index (χ4n) is 2.58. The van der Waals surface area contributed by atoms with Gasteiger partial charge in [-0.3, -0.25) is 0 Å². The molecule has 138 valence electrons. The smallest absolute Gasteiger partial charge is 0.410 e. The molecular formula is C17H14F4N2O3. The zero-order chi connectivity index (χ0) is 18.7. The maximum absolute atomic E-state index is 14.0. The first-order valence-electron chi connectivity index (χ1n) is 7.75. The van der Waals surface area contributed by atoms with Crippen LogP contribution in [0, 0.1) is 11.8 Å². The van der Waals surface area contributed by atoms with Crippen LogP contribution in [0.15, 0.2) is 30.5 Å². The number of alkyl halides is 2. The number of rotatable bonds is 5. The average Bonchev–Trinajstić information content (AvgIpc) is 2.60. The summed E-state index contributed by atoms with van der Waals surface area (Å²) in [4.78, 5) is 16.6. The maximum atomic E-state index is 14.0. The zero-order valence-electron chi connectivity index (χ0n) is 13.4. The average molecular weight is 370 g/mol. The molecule has 1 aromatic carbocycles. The largest absolute Gasteiger partial charge is 0.449 e. The monoisotopic (exact) mass is 370 g/mol. The van der Waals surface area contributed by atoms with Gasteiger partial charge in [0.2, 0.25) is 5.95 Å². The van der Waals surface area contributed by atoms with E-state index in [2.05, 4.69) is 9.72 Å². The van der Waals surface area contributed by atoms with Gasteiger partial charge in [-0.25, -0.2) is 14.2 Å². The zero-order valence-corrected chi connectivity index (χ0v) is 13.4. The summed E-state index contributed by atoms with van der Waals surface area (Å²) < 4.78 is 61.3. The van der Waals surface area contributed by atoms with Crippen molar-refractivity contribution < 1.29 is 31.8 Å². The Kier molecular flexibility index (Phi) is 5.24. The molecule has 0 saturated carbocycles. The van der Waals surface area contributed by atoms with Crippen molar-refractivity contribution in [2.24, 2.45) is 0 Å². The minimum atomic E-state index is -3.17. The molecular weight excluding hydrogens is 356 g/mol. The molecule has 3 rings (SSSR count). The van der Waals surface area contributed by atoms with E-state index in [0.717, 1.165) is 12.1 Å². The molecule has 0 atom stereocenters. The number of pyridine rings is 1. The second-order valence-electron chi connectivity index (χ2n) is 5.59. The molecule has 1 aromatic heterocycles. The van der Waals surface area contributed by atoms with Crippen molar-refractivity contribution in [2.75, 3.05) is 13.2 Å². The summed E-state index contributed by atoms with van der Waals surface area (Å²) in [5.74, 6) is -2.33. The van der Waals surface area contributed by atoms with Gasteiger partial charge in [0.1, 0.15) is 0 Å². The van der Waals surface area contributed by atoms with Gasteiger partial charge in [-0.2, -0.15) is 13.2 Å². The third-order valence-electron chi connectivity index (χ3n) is 3.81. The number of hydrogen-bond acceptors (Lipinski definition) is 4. The van der Waals surface area contributed by atoms with Gasteiger partial charge in [0.15, 0.2) is 11.6 Å². The number of aromatic nitrogens is 1. The molecule has 5 nitrogen and oxygen atoms in total. The Bertz CT molecular complexity index is 817. The predicted molar refractivity (Wildman–Crippen MR) is 82.6 cm³/mol. The highest BCUT2D eigenvalue weighted by Gasteiger charge is 2.21. The summed E-state index contributed by atoms with van der Waals surface area (Å²) >= 11 is 0. The molecule has 26 heavy (non-hydrogen) atoms. The Morgan fingerprint density at radius 1 is 1.23 bits per heavy atom. The fraction of sp³-hybridized carbons (Fsp3) is 0.294. The van der Waals surface area contributed by atoms with Crippen molar-refractivity contribution in [3.63, 3.8) is 0 Å². The van der Waals surface area contributed by atoms with E-state index in [-0.39, 0.29) is 12.1 Å². The molecule has 2 heterocycles. The number of halogens is 4. The quantitative estimate of drug-likeness (QED) is 0.590. The number of benzene rings is 1. The SMILES string of the molecule is O=C1OCCCN1Cc1cc(-c2ccc(F)c(OC(F)F)c2)cnc1F. The molecule has 0 spiro atoms. The summed E-state index contributed by atoms with van der Waals surface area (Å²) in [5.41, 5.74) is 0.810. The minimum absolute atomic E-state index is 0.0485. The lowest BCUT2D eigenvalue weighted by Crippen LogP contribution is -2.37. The van der Waals surface area contributed by atoms with Crippen LogP contribution < -0.4 is 4.74 Å². The maximum Gasteiger partial charge on any atom is 0.410 e. The van der Waals surface area contributed by atoms with Gasteiger partial charge in [0.05, 0.1) is 13.2 Å². The van der Waals surface area contributed by atoms with Crippen LogP contribution in [0.2, 0.25) is 0 Å². The molecule has 0 N–H and O–H groups in total. The fourth-order valence-corrected chi connectivity index (χ4v) is 2.58. The van der Waals surface area contributed by atoms with Crippen LogP contribution >= 0.6 is 0 Å². The first-order valence-corrected chi connectivity index (χ1v) is 7.75. The van der Waals surface area contributed by atoms with E-state index in [9.17, 15) is 22.4 Å².